The summed E-state index contributed by atoms with van der Waals surface area (Å²) in [6, 6.07) is 0. The second-order valence-electron chi connectivity index (χ2n) is 3.68. The Labute approximate surface area is 105 Å². The maximum atomic E-state index is 5.74. The molecule has 0 saturated carbocycles. The zero-order valence-corrected chi connectivity index (χ0v) is 10.5. The molecule has 0 unspecified atom stereocenters. The predicted molar refractivity (Wildman–Crippen MR) is 66.4 cm³/mol. The summed E-state index contributed by atoms with van der Waals surface area (Å²) >= 11 is 5.74. The third kappa shape index (κ3) is 2.66. The van der Waals surface area contributed by atoms with E-state index in [0.717, 1.165) is 18.4 Å². The van der Waals surface area contributed by atoms with Gasteiger partial charge in [-0.1, -0.05) is 13.3 Å². The number of aryl methyl sites for hydroxylation is 1. The van der Waals surface area contributed by atoms with Gasteiger partial charge in [0.05, 0.1) is 12.9 Å². The van der Waals surface area contributed by atoms with Crippen LogP contribution in [0.4, 0.5) is 0 Å². The Balaban J connectivity index is 2.29. The molecule has 0 amide bonds. The van der Waals surface area contributed by atoms with Crippen LogP contribution in [0.15, 0.2) is 12.7 Å². The smallest absolute Gasteiger partial charge is 0.243 e. The third-order valence-electron chi connectivity index (χ3n) is 2.44. The van der Waals surface area contributed by atoms with Gasteiger partial charge in [0.2, 0.25) is 5.88 Å². The molecule has 2 aromatic heterocycles. The number of hydrogen-bond acceptors (Lipinski definition) is 4. The Kier molecular flexibility index (Phi) is 4.14. The molecule has 6 heteroatoms. The molecule has 0 aliphatic heterocycles. The molecule has 0 N–H and O–H groups in total. The average Bonchev–Trinajstić information content (AvgIpc) is 2.75. The lowest BCUT2D eigenvalue weighted by atomic mass is 10.4. The minimum atomic E-state index is 0.523. The van der Waals surface area contributed by atoms with Gasteiger partial charge in [0, 0.05) is 12.4 Å². The van der Waals surface area contributed by atoms with Crippen molar-refractivity contribution in [1.29, 1.82) is 0 Å². The highest BCUT2D eigenvalue weighted by atomic mass is 35.5. The van der Waals surface area contributed by atoms with Gasteiger partial charge in [0.25, 0.3) is 0 Å². The minimum Gasteiger partial charge on any atom is -0.476 e. The molecule has 17 heavy (non-hydrogen) atoms. The van der Waals surface area contributed by atoms with Crippen molar-refractivity contribution in [3.63, 3.8) is 0 Å². The zero-order valence-electron chi connectivity index (χ0n) is 9.77. The van der Waals surface area contributed by atoms with Gasteiger partial charge in [-0.05, 0) is 6.42 Å². The van der Waals surface area contributed by atoms with Crippen LogP contribution < -0.4 is 4.74 Å². The van der Waals surface area contributed by atoms with Crippen molar-refractivity contribution in [2.75, 3.05) is 12.5 Å². The molecule has 0 aromatic carbocycles. The maximum absolute atomic E-state index is 5.74. The summed E-state index contributed by atoms with van der Waals surface area (Å²) in [6.45, 7) is 3.46. The van der Waals surface area contributed by atoms with Gasteiger partial charge in [-0.2, -0.15) is 4.98 Å². The normalized spacial score (nSPS) is 10.9. The number of aromatic nitrogens is 4. The fourth-order valence-electron chi connectivity index (χ4n) is 1.56. The molecule has 0 radical (unpaired) electrons. The standard InChI is InChI=1S/C11H15ClN4O/c1-2-3-6-17-11-9-10(13-7-14-11)15-8-16(9)5-4-12/h7-8H,2-6H2,1H3. The lowest BCUT2D eigenvalue weighted by Crippen LogP contribution is -2.03. The molecule has 2 rings (SSSR count). The van der Waals surface area contributed by atoms with Crippen LogP contribution in [0.1, 0.15) is 19.8 Å². The fraction of sp³-hybridized carbons (Fsp3) is 0.545. The van der Waals surface area contributed by atoms with E-state index in [9.17, 15) is 0 Å². The first-order chi connectivity index (χ1) is 8.36. The summed E-state index contributed by atoms with van der Waals surface area (Å²) in [6.07, 6.45) is 5.29. The molecule has 0 saturated heterocycles. The number of hydrogen-bond donors (Lipinski definition) is 0. The topological polar surface area (TPSA) is 52.8 Å². The summed E-state index contributed by atoms with van der Waals surface area (Å²) in [5.41, 5.74) is 1.47. The Hall–Kier alpha value is -1.36. The van der Waals surface area contributed by atoms with Gasteiger partial charge in [-0.15, -0.1) is 11.6 Å². The molecule has 92 valence electrons. The summed E-state index contributed by atoms with van der Waals surface area (Å²) in [5.74, 6) is 1.11. The summed E-state index contributed by atoms with van der Waals surface area (Å²) in [5, 5.41) is 0. The van der Waals surface area contributed by atoms with E-state index in [1.165, 1.54) is 6.33 Å². The lowest BCUT2D eigenvalue weighted by Gasteiger charge is -2.07. The first kappa shape index (κ1) is 12.1. The van der Waals surface area contributed by atoms with E-state index in [4.69, 9.17) is 16.3 Å². The summed E-state index contributed by atoms with van der Waals surface area (Å²) in [7, 11) is 0. The highest BCUT2D eigenvalue weighted by molar-refractivity contribution is 6.17. The Morgan fingerprint density at radius 1 is 1.35 bits per heavy atom. The summed E-state index contributed by atoms with van der Waals surface area (Å²) in [4.78, 5) is 12.5. The maximum Gasteiger partial charge on any atom is 0.243 e. The van der Waals surface area contributed by atoms with Gasteiger partial charge in [-0.3, -0.25) is 0 Å². The molecule has 2 heterocycles. The van der Waals surface area contributed by atoms with Crippen molar-refractivity contribution in [2.24, 2.45) is 0 Å². The van der Waals surface area contributed by atoms with Gasteiger partial charge in [-0.25, -0.2) is 9.97 Å². The Morgan fingerprint density at radius 3 is 3.00 bits per heavy atom. The second kappa shape index (κ2) is 5.82. The molecule has 0 atom stereocenters. The third-order valence-corrected chi connectivity index (χ3v) is 2.61. The van der Waals surface area contributed by atoms with Crippen LogP contribution in [0.2, 0.25) is 0 Å². The number of ether oxygens (including phenoxy) is 1. The number of alkyl halides is 1. The van der Waals surface area contributed by atoms with Crippen LogP contribution in [-0.2, 0) is 6.54 Å². The van der Waals surface area contributed by atoms with Gasteiger partial charge in [0.15, 0.2) is 11.2 Å². The molecular weight excluding hydrogens is 240 g/mol. The number of imidazole rings is 1. The molecule has 0 fully saturated rings. The molecular formula is C11H15ClN4O. The molecule has 5 nitrogen and oxygen atoms in total. The van der Waals surface area contributed by atoms with Gasteiger partial charge < -0.3 is 9.30 Å². The molecule has 0 bridgehead atoms. The van der Waals surface area contributed by atoms with Crippen molar-refractivity contribution in [3.8, 4) is 5.88 Å². The second-order valence-corrected chi connectivity index (χ2v) is 4.06. The monoisotopic (exact) mass is 254 g/mol. The van der Waals surface area contributed by atoms with Crippen molar-refractivity contribution < 1.29 is 4.74 Å². The largest absolute Gasteiger partial charge is 0.476 e. The van der Waals surface area contributed by atoms with Crippen molar-refractivity contribution in [3.05, 3.63) is 12.7 Å². The molecule has 0 aliphatic rings. The van der Waals surface area contributed by atoms with E-state index in [1.807, 2.05) is 4.57 Å². The van der Waals surface area contributed by atoms with Crippen LogP contribution in [-0.4, -0.2) is 32.0 Å². The van der Waals surface area contributed by atoms with Crippen LogP contribution in [0.25, 0.3) is 11.2 Å². The van der Waals surface area contributed by atoms with E-state index in [0.29, 0.717) is 30.6 Å². The van der Waals surface area contributed by atoms with Gasteiger partial charge in [0.1, 0.15) is 6.33 Å². The van der Waals surface area contributed by atoms with E-state index in [-0.39, 0.29) is 0 Å². The van der Waals surface area contributed by atoms with Crippen LogP contribution in [0.5, 0.6) is 5.88 Å². The minimum absolute atomic E-state index is 0.523. The number of halogens is 1. The Morgan fingerprint density at radius 2 is 2.24 bits per heavy atom. The van der Waals surface area contributed by atoms with Crippen LogP contribution in [0, 0.1) is 0 Å². The quantitative estimate of drug-likeness (QED) is 0.586. The lowest BCUT2D eigenvalue weighted by molar-refractivity contribution is 0.300. The van der Waals surface area contributed by atoms with Gasteiger partial charge >= 0.3 is 0 Å². The Bertz CT molecular complexity index is 485. The van der Waals surface area contributed by atoms with E-state index in [1.54, 1.807) is 6.33 Å². The SMILES string of the molecule is CCCCOc1ncnc2ncn(CCCl)c12. The van der Waals surface area contributed by atoms with Crippen molar-refractivity contribution >= 4 is 22.8 Å². The van der Waals surface area contributed by atoms with Crippen LogP contribution >= 0.6 is 11.6 Å². The van der Waals surface area contributed by atoms with E-state index >= 15 is 0 Å². The number of nitrogens with zero attached hydrogens (tertiary/aromatic N) is 4. The van der Waals surface area contributed by atoms with Crippen molar-refractivity contribution in [1.82, 2.24) is 19.5 Å². The molecule has 2 aromatic rings. The zero-order chi connectivity index (χ0) is 12.1. The molecule has 0 aliphatic carbocycles. The number of rotatable bonds is 6. The van der Waals surface area contributed by atoms with E-state index < -0.39 is 0 Å². The fourth-order valence-corrected chi connectivity index (χ4v) is 1.74. The average molecular weight is 255 g/mol. The first-order valence-electron chi connectivity index (χ1n) is 5.71. The highest BCUT2D eigenvalue weighted by Gasteiger charge is 2.11. The number of fused-ring (bicyclic) bond motifs is 1. The van der Waals surface area contributed by atoms with Crippen LogP contribution in [0.3, 0.4) is 0 Å². The first-order valence-corrected chi connectivity index (χ1v) is 6.25. The molecule has 0 spiro atoms. The van der Waals surface area contributed by atoms with Crippen molar-refractivity contribution in [2.45, 2.75) is 26.3 Å². The summed E-state index contributed by atoms with van der Waals surface area (Å²) < 4.78 is 7.57. The predicted octanol–water partition coefficient (Wildman–Crippen LogP) is 2.24. The van der Waals surface area contributed by atoms with E-state index in [2.05, 4.69) is 21.9 Å². The highest BCUT2D eigenvalue weighted by Crippen LogP contribution is 2.20. The number of unbranched alkanes of at least 4 members (excludes halogenated alkanes) is 1.